The number of carbonyl (C=O) groups excluding carboxylic acids is 1. The van der Waals surface area contributed by atoms with Crippen molar-refractivity contribution >= 4 is 12.0 Å². The molecule has 0 spiro atoms. The number of aliphatic hydroxyl groups is 1. The van der Waals surface area contributed by atoms with Crippen LogP contribution in [-0.2, 0) is 9.53 Å². The second kappa shape index (κ2) is 5.53. The third-order valence-electron chi connectivity index (χ3n) is 3.34. The Morgan fingerprint density at radius 3 is 2.44 bits per heavy atom. The number of aliphatic hydroxyl groups excluding tert-OH is 1. The molecule has 0 aliphatic carbocycles. The van der Waals surface area contributed by atoms with E-state index in [1.165, 1.54) is 0 Å². The number of likely N-dealkylation sites (tertiary alicyclic amines) is 1. The van der Waals surface area contributed by atoms with Gasteiger partial charge in [-0.3, -0.25) is 0 Å². The summed E-state index contributed by atoms with van der Waals surface area (Å²) in [6.45, 7) is 0.743. The third-order valence-corrected chi connectivity index (χ3v) is 3.34. The summed E-state index contributed by atoms with van der Waals surface area (Å²) in [6, 6.07) is -1.43. The van der Waals surface area contributed by atoms with Crippen molar-refractivity contribution in [3.63, 3.8) is 0 Å². The van der Waals surface area contributed by atoms with E-state index in [9.17, 15) is 9.59 Å². The van der Waals surface area contributed by atoms with E-state index in [0.717, 1.165) is 12.8 Å². The van der Waals surface area contributed by atoms with E-state index in [2.05, 4.69) is 5.32 Å². The Bertz CT molecular complexity index is 323. The molecule has 0 radical (unpaired) electrons. The Kier molecular flexibility index (Phi) is 4.03. The first-order valence-electron chi connectivity index (χ1n) is 6.14. The third kappa shape index (κ3) is 2.91. The van der Waals surface area contributed by atoms with Crippen LogP contribution in [0, 0.1) is 0 Å². The lowest BCUT2D eigenvalue weighted by molar-refractivity contribution is -0.139. The second-order valence-electron chi connectivity index (χ2n) is 4.72. The van der Waals surface area contributed by atoms with Crippen molar-refractivity contribution in [3.05, 3.63) is 0 Å². The molecule has 7 nitrogen and oxygen atoms in total. The topological polar surface area (TPSA) is 99.1 Å². The van der Waals surface area contributed by atoms with Gasteiger partial charge in [0.25, 0.3) is 0 Å². The summed E-state index contributed by atoms with van der Waals surface area (Å²) in [4.78, 5) is 24.4. The van der Waals surface area contributed by atoms with Crippen molar-refractivity contribution in [3.8, 4) is 0 Å². The minimum absolute atomic E-state index is 0.0122. The lowest BCUT2D eigenvalue weighted by Gasteiger charge is -2.32. The molecule has 2 fully saturated rings. The van der Waals surface area contributed by atoms with Crippen molar-refractivity contribution in [1.82, 2.24) is 10.2 Å². The van der Waals surface area contributed by atoms with Crippen LogP contribution in [0.2, 0.25) is 0 Å². The summed E-state index contributed by atoms with van der Waals surface area (Å²) in [5.41, 5.74) is 0. The number of amides is 2. The summed E-state index contributed by atoms with van der Waals surface area (Å²) in [5.74, 6) is -1.13. The van der Waals surface area contributed by atoms with Crippen LogP contribution in [0.25, 0.3) is 0 Å². The van der Waals surface area contributed by atoms with Gasteiger partial charge >= 0.3 is 12.0 Å². The number of hydrogen-bond acceptors (Lipinski definition) is 4. The maximum Gasteiger partial charge on any atom is 0.326 e. The van der Waals surface area contributed by atoms with E-state index in [1.807, 2.05) is 0 Å². The number of carboxylic acids is 1. The molecule has 3 N–H and O–H groups in total. The molecule has 2 bridgehead atoms. The van der Waals surface area contributed by atoms with E-state index in [-0.39, 0.29) is 25.2 Å². The highest BCUT2D eigenvalue weighted by Gasteiger charge is 2.36. The average molecular weight is 258 g/mol. The van der Waals surface area contributed by atoms with Gasteiger partial charge in [0.2, 0.25) is 0 Å². The maximum atomic E-state index is 11.9. The Hall–Kier alpha value is -1.34. The number of carboxylic acid groups (broad SMARTS) is 1. The molecule has 3 atom stereocenters. The number of rotatable bonds is 4. The highest BCUT2D eigenvalue weighted by Crippen LogP contribution is 2.26. The van der Waals surface area contributed by atoms with E-state index < -0.39 is 18.0 Å². The van der Waals surface area contributed by atoms with Crippen LogP contribution in [0.1, 0.15) is 19.3 Å². The molecule has 18 heavy (non-hydrogen) atoms. The fourth-order valence-corrected chi connectivity index (χ4v) is 2.41. The SMILES string of the molecule is O=C(O)C(CCO)NC(=O)N1CC2CCC(C1)O2. The normalized spacial score (nSPS) is 27.9. The van der Waals surface area contributed by atoms with Crippen LogP contribution >= 0.6 is 0 Å². The summed E-state index contributed by atoms with van der Waals surface area (Å²) in [6.07, 6.45) is 2.07. The van der Waals surface area contributed by atoms with E-state index in [1.54, 1.807) is 4.90 Å². The van der Waals surface area contributed by atoms with Gasteiger partial charge in [0.1, 0.15) is 6.04 Å². The Labute approximate surface area is 105 Å². The van der Waals surface area contributed by atoms with Gasteiger partial charge < -0.3 is 25.2 Å². The highest BCUT2D eigenvalue weighted by molar-refractivity contribution is 5.82. The first-order valence-corrected chi connectivity index (χ1v) is 6.14. The van der Waals surface area contributed by atoms with Crippen LogP contribution in [0.4, 0.5) is 4.79 Å². The fraction of sp³-hybridized carbons (Fsp3) is 0.818. The minimum atomic E-state index is -1.13. The Morgan fingerprint density at radius 1 is 1.33 bits per heavy atom. The van der Waals surface area contributed by atoms with Crippen molar-refractivity contribution in [2.45, 2.75) is 37.5 Å². The summed E-state index contributed by atoms with van der Waals surface area (Å²) >= 11 is 0. The van der Waals surface area contributed by atoms with Gasteiger partial charge in [-0.25, -0.2) is 9.59 Å². The van der Waals surface area contributed by atoms with Crippen molar-refractivity contribution in [1.29, 1.82) is 0 Å². The van der Waals surface area contributed by atoms with Crippen molar-refractivity contribution in [2.24, 2.45) is 0 Å². The van der Waals surface area contributed by atoms with E-state index in [4.69, 9.17) is 14.9 Å². The van der Waals surface area contributed by atoms with Gasteiger partial charge in [0, 0.05) is 26.1 Å². The highest BCUT2D eigenvalue weighted by atomic mass is 16.5. The Balaban J connectivity index is 1.88. The molecular weight excluding hydrogens is 240 g/mol. The molecule has 2 rings (SSSR count). The molecular formula is C11H18N2O5. The zero-order valence-electron chi connectivity index (χ0n) is 10.0. The largest absolute Gasteiger partial charge is 0.480 e. The van der Waals surface area contributed by atoms with E-state index in [0.29, 0.717) is 13.1 Å². The van der Waals surface area contributed by atoms with Crippen LogP contribution in [0.15, 0.2) is 0 Å². The lowest BCUT2D eigenvalue weighted by atomic mass is 10.2. The monoisotopic (exact) mass is 258 g/mol. The molecule has 2 aliphatic heterocycles. The zero-order valence-corrected chi connectivity index (χ0v) is 10.0. The number of aliphatic carboxylic acids is 1. The fourth-order valence-electron chi connectivity index (χ4n) is 2.41. The summed E-state index contributed by atoms with van der Waals surface area (Å²) in [7, 11) is 0. The smallest absolute Gasteiger partial charge is 0.326 e. The predicted molar refractivity (Wildman–Crippen MR) is 61.1 cm³/mol. The summed E-state index contributed by atoms with van der Waals surface area (Å²) in [5, 5.41) is 20.1. The molecule has 3 unspecified atom stereocenters. The molecule has 102 valence electrons. The number of morpholine rings is 1. The number of fused-ring (bicyclic) bond motifs is 2. The van der Waals surface area contributed by atoms with Gasteiger partial charge in [-0.05, 0) is 12.8 Å². The second-order valence-corrected chi connectivity index (χ2v) is 4.72. The minimum Gasteiger partial charge on any atom is -0.480 e. The van der Waals surface area contributed by atoms with E-state index >= 15 is 0 Å². The summed E-state index contributed by atoms with van der Waals surface area (Å²) < 4.78 is 5.60. The molecule has 0 aromatic heterocycles. The number of nitrogens with zero attached hydrogens (tertiary/aromatic N) is 1. The van der Waals surface area contributed by atoms with Gasteiger partial charge in [-0.1, -0.05) is 0 Å². The van der Waals surface area contributed by atoms with Gasteiger partial charge in [0.15, 0.2) is 0 Å². The van der Waals surface area contributed by atoms with Crippen LogP contribution < -0.4 is 5.32 Å². The quantitative estimate of drug-likeness (QED) is 0.625. The van der Waals surface area contributed by atoms with Crippen molar-refractivity contribution in [2.75, 3.05) is 19.7 Å². The first-order chi connectivity index (χ1) is 8.60. The standard InChI is InChI=1S/C11H18N2O5/c14-4-3-9(10(15)16)12-11(17)13-5-7-1-2-8(6-13)18-7/h7-9,14H,1-6H2,(H,12,17)(H,15,16). The molecule has 0 aromatic rings. The maximum absolute atomic E-state index is 11.9. The molecule has 7 heteroatoms. The van der Waals surface area contributed by atoms with Crippen LogP contribution in [0.3, 0.4) is 0 Å². The molecule has 2 aliphatic rings. The number of ether oxygens (including phenoxy) is 1. The van der Waals surface area contributed by atoms with Crippen molar-refractivity contribution < 1.29 is 24.5 Å². The Morgan fingerprint density at radius 2 is 1.94 bits per heavy atom. The lowest BCUT2D eigenvalue weighted by Crippen LogP contribution is -2.53. The predicted octanol–water partition coefficient (Wildman–Crippen LogP) is -0.605. The number of nitrogens with one attached hydrogen (secondary N) is 1. The number of hydrogen-bond donors (Lipinski definition) is 3. The van der Waals surface area contributed by atoms with Gasteiger partial charge in [-0.15, -0.1) is 0 Å². The molecule has 2 amide bonds. The van der Waals surface area contributed by atoms with Crippen LogP contribution in [0.5, 0.6) is 0 Å². The molecule has 0 saturated carbocycles. The van der Waals surface area contributed by atoms with Gasteiger partial charge in [0.05, 0.1) is 12.2 Å². The van der Waals surface area contributed by atoms with Crippen LogP contribution in [-0.4, -0.2) is 65.1 Å². The van der Waals surface area contributed by atoms with Gasteiger partial charge in [-0.2, -0.15) is 0 Å². The first kappa shape index (κ1) is 13.1. The average Bonchev–Trinajstić information content (AvgIpc) is 2.67. The number of urea groups is 1. The molecule has 2 saturated heterocycles. The molecule has 2 heterocycles. The molecule has 0 aromatic carbocycles. The zero-order chi connectivity index (χ0) is 13.1. The number of carbonyl (C=O) groups is 2.